The lowest BCUT2D eigenvalue weighted by atomic mass is 10.0. The third-order valence-corrected chi connectivity index (χ3v) is 4.20. The van der Waals surface area contributed by atoms with Crippen molar-refractivity contribution in [3.05, 3.63) is 59.7 Å². The minimum Gasteiger partial charge on any atom is -0.474 e. The van der Waals surface area contributed by atoms with Gasteiger partial charge in [-0.05, 0) is 31.5 Å². The molecule has 0 fully saturated rings. The van der Waals surface area contributed by atoms with Crippen LogP contribution in [0.25, 0.3) is 0 Å². The quantitative estimate of drug-likeness (QED) is 0.776. The highest BCUT2D eigenvalue weighted by molar-refractivity contribution is 6.03. The molecule has 0 saturated carbocycles. The van der Waals surface area contributed by atoms with Crippen molar-refractivity contribution in [2.45, 2.75) is 32.8 Å². The molecule has 24 heavy (non-hydrogen) atoms. The number of ether oxygens (including phenoxy) is 1. The van der Waals surface area contributed by atoms with E-state index in [9.17, 15) is 9.59 Å². The standard InChI is InChI=1S/C20H21NO3/c1-3-8-17(22)15-11-12-18-16(13-15)21(4-2)20(23)19(24-18)14-9-6-5-7-10-14/h5-7,9-13,19H,3-4,8H2,1-2H3. The second-order valence-electron chi connectivity index (χ2n) is 5.85. The number of amides is 1. The zero-order valence-corrected chi connectivity index (χ0v) is 14.0. The van der Waals surface area contributed by atoms with Gasteiger partial charge >= 0.3 is 0 Å². The van der Waals surface area contributed by atoms with Crippen LogP contribution in [-0.2, 0) is 4.79 Å². The van der Waals surface area contributed by atoms with Gasteiger partial charge in [0.15, 0.2) is 5.78 Å². The molecule has 4 nitrogen and oxygen atoms in total. The Balaban J connectivity index is 1.99. The molecule has 0 spiro atoms. The van der Waals surface area contributed by atoms with E-state index in [4.69, 9.17) is 4.74 Å². The number of likely N-dealkylation sites (N-methyl/N-ethyl adjacent to an activating group) is 1. The molecule has 0 bridgehead atoms. The normalized spacial score (nSPS) is 16.5. The van der Waals surface area contributed by atoms with Gasteiger partial charge in [0.1, 0.15) is 5.75 Å². The van der Waals surface area contributed by atoms with E-state index in [2.05, 4.69) is 0 Å². The van der Waals surface area contributed by atoms with Crippen LogP contribution in [-0.4, -0.2) is 18.2 Å². The summed E-state index contributed by atoms with van der Waals surface area (Å²) in [5.74, 6) is 0.628. The molecule has 0 N–H and O–H groups in total. The fourth-order valence-corrected chi connectivity index (χ4v) is 2.98. The largest absolute Gasteiger partial charge is 0.474 e. The van der Waals surface area contributed by atoms with Crippen molar-refractivity contribution in [3.8, 4) is 5.75 Å². The summed E-state index contributed by atoms with van der Waals surface area (Å²) in [6, 6.07) is 14.8. The number of carbonyl (C=O) groups is 2. The predicted molar refractivity (Wildman–Crippen MR) is 93.5 cm³/mol. The van der Waals surface area contributed by atoms with Gasteiger partial charge in [0.05, 0.1) is 5.69 Å². The first-order chi connectivity index (χ1) is 11.7. The Morgan fingerprint density at radius 1 is 1.12 bits per heavy atom. The predicted octanol–water partition coefficient (Wildman–Crippen LogP) is 4.16. The van der Waals surface area contributed by atoms with Crippen LogP contribution in [0.15, 0.2) is 48.5 Å². The maximum Gasteiger partial charge on any atom is 0.272 e. The first-order valence-electron chi connectivity index (χ1n) is 8.36. The second kappa shape index (κ2) is 6.87. The lowest BCUT2D eigenvalue weighted by Gasteiger charge is -2.34. The zero-order chi connectivity index (χ0) is 17.1. The first kappa shape index (κ1) is 16.2. The number of fused-ring (bicyclic) bond motifs is 1. The number of anilines is 1. The van der Waals surface area contributed by atoms with E-state index in [0.29, 0.717) is 30.0 Å². The van der Waals surface area contributed by atoms with Crippen molar-refractivity contribution >= 4 is 17.4 Å². The fraction of sp³-hybridized carbons (Fsp3) is 0.300. The van der Waals surface area contributed by atoms with Gasteiger partial charge in [-0.25, -0.2) is 0 Å². The molecule has 2 aromatic rings. The number of hydrogen-bond acceptors (Lipinski definition) is 3. The minimum atomic E-state index is -0.643. The summed E-state index contributed by atoms with van der Waals surface area (Å²) in [5.41, 5.74) is 2.14. The van der Waals surface area contributed by atoms with E-state index in [0.717, 1.165) is 12.0 Å². The molecule has 1 atom stereocenters. The Morgan fingerprint density at radius 3 is 2.54 bits per heavy atom. The summed E-state index contributed by atoms with van der Waals surface area (Å²) in [4.78, 5) is 26.7. The van der Waals surface area contributed by atoms with Crippen molar-refractivity contribution in [1.29, 1.82) is 0 Å². The molecule has 4 heteroatoms. The van der Waals surface area contributed by atoms with E-state index in [1.165, 1.54) is 0 Å². The van der Waals surface area contributed by atoms with Crippen molar-refractivity contribution < 1.29 is 14.3 Å². The Hall–Kier alpha value is -2.62. The van der Waals surface area contributed by atoms with Crippen LogP contribution in [0, 0.1) is 0 Å². The Labute approximate surface area is 142 Å². The van der Waals surface area contributed by atoms with Crippen LogP contribution in [0.2, 0.25) is 0 Å². The van der Waals surface area contributed by atoms with Gasteiger partial charge in [-0.15, -0.1) is 0 Å². The van der Waals surface area contributed by atoms with Crippen LogP contribution < -0.4 is 9.64 Å². The van der Waals surface area contributed by atoms with Crippen LogP contribution in [0.3, 0.4) is 0 Å². The number of Topliss-reactive ketones (excluding diaryl/α,β-unsaturated/α-hetero) is 1. The third kappa shape index (κ3) is 2.92. The zero-order valence-electron chi connectivity index (χ0n) is 14.0. The highest BCUT2D eigenvalue weighted by Crippen LogP contribution is 2.39. The molecule has 2 aromatic carbocycles. The van der Waals surface area contributed by atoms with Crippen LogP contribution >= 0.6 is 0 Å². The van der Waals surface area contributed by atoms with Gasteiger partial charge in [0.25, 0.3) is 5.91 Å². The number of ketones is 1. The number of benzene rings is 2. The van der Waals surface area contributed by atoms with Gasteiger partial charge in [0.2, 0.25) is 6.10 Å². The molecule has 0 aromatic heterocycles. The molecule has 3 rings (SSSR count). The van der Waals surface area contributed by atoms with Gasteiger partial charge in [0, 0.05) is 24.1 Å². The Morgan fingerprint density at radius 2 is 1.88 bits per heavy atom. The van der Waals surface area contributed by atoms with Gasteiger partial charge in [-0.3, -0.25) is 9.59 Å². The summed E-state index contributed by atoms with van der Waals surface area (Å²) in [6.45, 7) is 4.44. The fourth-order valence-electron chi connectivity index (χ4n) is 2.98. The number of carbonyl (C=O) groups excluding carboxylic acids is 2. The average Bonchev–Trinajstić information content (AvgIpc) is 2.61. The molecule has 124 valence electrons. The van der Waals surface area contributed by atoms with Crippen LogP contribution in [0.5, 0.6) is 5.75 Å². The molecular formula is C20H21NO3. The van der Waals surface area contributed by atoms with Gasteiger partial charge < -0.3 is 9.64 Å². The Bertz CT molecular complexity index is 755. The summed E-state index contributed by atoms with van der Waals surface area (Å²) < 4.78 is 5.95. The summed E-state index contributed by atoms with van der Waals surface area (Å²) >= 11 is 0. The van der Waals surface area contributed by atoms with Gasteiger partial charge in [-0.1, -0.05) is 37.3 Å². The summed E-state index contributed by atoms with van der Waals surface area (Å²) in [6.07, 6.45) is 0.668. The van der Waals surface area contributed by atoms with E-state index in [-0.39, 0.29) is 11.7 Å². The van der Waals surface area contributed by atoms with E-state index in [1.54, 1.807) is 23.1 Å². The third-order valence-electron chi connectivity index (χ3n) is 4.20. The highest BCUT2D eigenvalue weighted by atomic mass is 16.5. The topological polar surface area (TPSA) is 46.6 Å². The monoisotopic (exact) mass is 323 g/mol. The molecule has 1 heterocycles. The number of nitrogens with zero attached hydrogens (tertiary/aromatic N) is 1. The van der Waals surface area contributed by atoms with E-state index in [1.807, 2.05) is 44.2 Å². The number of hydrogen-bond donors (Lipinski definition) is 0. The average molecular weight is 323 g/mol. The first-order valence-corrected chi connectivity index (χ1v) is 8.36. The van der Waals surface area contributed by atoms with E-state index >= 15 is 0 Å². The van der Waals surface area contributed by atoms with Crippen molar-refractivity contribution in [2.24, 2.45) is 0 Å². The molecular weight excluding hydrogens is 302 g/mol. The molecule has 0 radical (unpaired) electrons. The SMILES string of the molecule is CCCC(=O)c1ccc2c(c1)N(CC)C(=O)C(c1ccccc1)O2. The summed E-state index contributed by atoms with van der Waals surface area (Å²) in [5, 5.41) is 0. The number of rotatable bonds is 5. The lowest BCUT2D eigenvalue weighted by molar-refractivity contribution is -0.126. The maximum absolute atomic E-state index is 12.8. The van der Waals surface area contributed by atoms with Gasteiger partial charge in [-0.2, -0.15) is 0 Å². The van der Waals surface area contributed by atoms with Crippen molar-refractivity contribution in [2.75, 3.05) is 11.4 Å². The molecule has 0 saturated heterocycles. The molecule has 1 aliphatic heterocycles. The molecule has 1 aliphatic rings. The van der Waals surface area contributed by atoms with E-state index < -0.39 is 6.10 Å². The second-order valence-corrected chi connectivity index (χ2v) is 5.85. The van der Waals surface area contributed by atoms with Crippen molar-refractivity contribution in [1.82, 2.24) is 0 Å². The minimum absolute atomic E-state index is 0.0917. The molecule has 1 amide bonds. The maximum atomic E-state index is 12.8. The molecule has 0 aliphatic carbocycles. The van der Waals surface area contributed by atoms with Crippen LogP contribution in [0.4, 0.5) is 5.69 Å². The Kier molecular flexibility index (Phi) is 4.65. The summed E-state index contributed by atoms with van der Waals surface area (Å²) in [7, 11) is 0. The highest BCUT2D eigenvalue weighted by Gasteiger charge is 2.35. The lowest BCUT2D eigenvalue weighted by Crippen LogP contribution is -2.41. The van der Waals surface area contributed by atoms with Crippen molar-refractivity contribution in [3.63, 3.8) is 0 Å². The molecule has 1 unspecified atom stereocenters. The smallest absolute Gasteiger partial charge is 0.272 e. The van der Waals surface area contributed by atoms with Crippen LogP contribution in [0.1, 0.15) is 48.7 Å².